The second-order valence-corrected chi connectivity index (χ2v) is 4.58. The zero-order valence-electron chi connectivity index (χ0n) is 11.7. The minimum absolute atomic E-state index is 0.104. The molecule has 1 aromatic carbocycles. The van der Waals surface area contributed by atoms with Crippen molar-refractivity contribution in [2.75, 3.05) is 18.9 Å². The summed E-state index contributed by atoms with van der Waals surface area (Å²) in [6, 6.07) is 7.28. The molecular formula is C15H24N2O2. The first kappa shape index (κ1) is 15.3. The average Bonchev–Trinajstić information content (AvgIpc) is 2.40. The summed E-state index contributed by atoms with van der Waals surface area (Å²) < 4.78 is 5.49. The summed E-state index contributed by atoms with van der Waals surface area (Å²) in [6.07, 6.45) is 5.10. The summed E-state index contributed by atoms with van der Waals surface area (Å²) >= 11 is 0. The van der Waals surface area contributed by atoms with Gasteiger partial charge in [0, 0.05) is 18.2 Å². The molecule has 0 fully saturated rings. The molecule has 1 amide bonds. The number of hydrogen-bond donors (Lipinski definition) is 2. The Bertz CT molecular complexity index is 380. The molecule has 0 atom stereocenters. The van der Waals surface area contributed by atoms with Gasteiger partial charge in [0.05, 0.1) is 6.54 Å². The zero-order chi connectivity index (χ0) is 13.9. The second kappa shape index (κ2) is 9.25. The van der Waals surface area contributed by atoms with Crippen LogP contribution < -0.4 is 15.8 Å². The predicted molar refractivity (Wildman–Crippen MR) is 78.1 cm³/mol. The Morgan fingerprint density at radius 2 is 2.16 bits per heavy atom. The molecule has 106 valence electrons. The van der Waals surface area contributed by atoms with Gasteiger partial charge < -0.3 is 15.8 Å². The Labute approximate surface area is 115 Å². The summed E-state index contributed by atoms with van der Waals surface area (Å²) in [4.78, 5) is 11.5. The number of nitrogens with one attached hydrogen (secondary N) is 1. The Morgan fingerprint density at radius 3 is 2.89 bits per heavy atom. The molecule has 0 saturated heterocycles. The van der Waals surface area contributed by atoms with Crippen molar-refractivity contribution in [3.8, 4) is 5.75 Å². The minimum Gasteiger partial charge on any atom is -0.492 e. The molecule has 0 aromatic heterocycles. The van der Waals surface area contributed by atoms with E-state index in [-0.39, 0.29) is 5.91 Å². The van der Waals surface area contributed by atoms with Crippen LogP contribution in [0.15, 0.2) is 24.3 Å². The first-order valence-electron chi connectivity index (χ1n) is 6.97. The number of anilines is 1. The lowest BCUT2D eigenvalue weighted by Gasteiger charge is -2.08. The molecule has 0 radical (unpaired) electrons. The third-order valence-electron chi connectivity index (χ3n) is 2.81. The van der Waals surface area contributed by atoms with Gasteiger partial charge in [-0.15, -0.1) is 0 Å². The van der Waals surface area contributed by atoms with E-state index < -0.39 is 0 Å². The number of ether oxygens (including phenoxy) is 1. The lowest BCUT2D eigenvalue weighted by molar-refractivity contribution is -0.121. The normalized spacial score (nSPS) is 10.2. The van der Waals surface area contributed by atoms with Crippen molar-refractivity contribution >= 4 is 11.6 Å². The van der Waals surface area contributed by atoms with Crippen LogP contribution >= 0.6 is 0 Å². The summed E-state index contributed by atoms with van der Waals surface area (Å²) in [5.74, 6) is 0.837. The summed E-state index contributed by atoms with van der Waals surface area (Å²) in [6.45, 7) is 3.15. The van der Waals surface area contributed by atoms with Crippen molar-refractivity contribution in [3.63, 3.8) is 0 Å². The zero-order valence-corrected chi connectivity index (χ0v) is 11.7. The molecule has 3 N–H and O–H groups in total. The van der Waals surface area contributed by atoms with Gasteiger partial charge in [-0.3, -0.25) is 4.79 Å². The first-order valence-corrected chi connectivity index (χ1v) is 6.97. The van der Waals surface area contributed by atoms with Crippen LogP contribution in [0.5, 0.6) is 5.75 Å². The molecule has 1 rings (SSSR count). The average molecular weight is 264 g/mol. The SMILES string of the molecule is CCCCCCC(=O)NCCOc1cccc(N)c1. The number of unbranched alkanes of at least 4 members (excludes halogenated alkanes) is 3. The highest BCUT2D eigenvalue weighted by Crippen LogP contribution is 2.13. The van der Waals surface area contributed by atoms with E-state index in [1.165, 1.54) is 12.8 Å². The smallest absolute Gasteiger partial charge is 0.220 e. The van der Waals surface area contributed by atoms with E-state index in [0.29, 0.717) is 25.3 Å². The highest BCUT2D eigenvalue weighted by Gasteiger charge is 2.00. The van der Waals surface area contributed by atoms with Crippen molar-refractivity contribution < 1.29 is 9.53 Å². The molecule has 0 saturated carbocycles. The molecule has 0 aliphatic heterocycles. The quantitative estimate of drug-likeness (QED) is 0.532. The Balaban J connectivity index is 2.05. The van der Waals surface area contributed by atoms with E-state index in [2.05, 4.69) is 12.2 Å². The number of hydrogen-bond acceptors (Lipinski definition) is 3. The molecule has 1 aromatic rings. The maximum absolute atomic E-state index is 11.5. The molecule has 0 spiro atoms. The standard InChI is InChI=1S/C15H24N2O2/c1-2-3-4-5-9-15(18)17-10-11-19-14-8-6-7-13(16)12-14/h6-8,12H,2-5,9-11,16H2,1H3,(H,17,18). The van der Waals surface area contributed by atoms with Crippen molar-refractivity contribution in [2.24, 2.45) is 0 Å². The predicted octanol–water partition coefficient (Wildman–Crippen LogP) is 2.73. The van der Waals surface area contributed by atoms with Gasteiger partial charge in [-0.25, -0.2) is 0 Å². The van der Waals surface area contributed by atoms with E-state index in [1.807, 2.05) is 18.2 Å². The minimum atomic E-state index is 0.104. The molecule has 0 heterocycles. The van der Waals surface area contributed by atoms with Crippen molar-refractivity contribution in [1.82, 2.24) is 5.32 Å². The Hall–Kier alpha value is -1.71. The van der Waals surface area contributed by atoms with Crippen LogP contribution in [0.4, 0.5) is 5.69 Å². The van der Waals surface area contributed by atoms with Gasteiger partial charge in [0.1, 0.15) is 12.4 Å². The van der Waals surface area contributed by atoms with Crippen LogP contribution in [0.2, 0.25) is 0 Å². The van der Waals surface area contributed by atoms with Gasteiger partial charge in [0.15, 0.2) is 0 Å². The number of nitrogens with two attached hydrogens (primary N) is 1. The van der Waals surface area contributed by atoms with Gasteiger partial charge in [0.25, 0.3) is 0 Å². The second-order valence-electron chi connectivity index (χ2n) is 4.58. The highest BCUT2D eigenvalue weighted by molar-refractivity contribution is 5.75. The van der Waals surface area contributed by atoms with Gasteiger partial charge in [-0.2, -0.15) is 0 Å². The van der Waals surface area contributed by atoms with E-state index in [4.69, 9.17) is 10.5 Å². The largest absolute Gasteiger partial charge is 0.492 e. The summed E-state index contributed by atoms with van der Waals surface area (Å²) in [5, 5.41) is 2.85. The van der Waals surface area contributed by atoms with Crippen LogP contribution in [0.3, 0.4) is 0 Å². The fourth-order valence-corrected chi connectivity index (χ4v) is 1.76. The van der Waals surface area contributed by atoms with Gasteiger partial charge in [-0.05, 0) is 18.6 Å². The first-order chi connectivity index (χ1) is 9.22. The van der Waals surface area contributed by atoms with Crippen molar-refractivity contribution in [2.45, 2.75) is 39.0 Å². The lowest BCUT2D eigenvalue weighted by Crippen LogP contribution is -2.27. The molecular weight excluding hydrogens is 240 g/mol. The monoisotopic (exact) mass is 264 g/mol. The number of carbonyl (C=O) groups excluding carboxylic acids is 1. The molecule has 0 bridgehead atoms. The molecule has 19 heavy (non-hydrogen) atoms. The van der Waals surface area contributed by atoms with Crippen LogP contribution in [0.25, 0.3) is 0 Å². The topological polar surface area (TPSA) is 64.3 Å². The van der Waals surface area contributed by atoms with Crippen LogP contribution in [0, 0.1) is 0 Å². The molecule has 0 aliphatic carbocycles. The number of benzene rings is 1. The number of nitrogen functional groups attached to an aromatic ring is 1. The Kier molecular flexibility index (Phi) is 7.47. The van der Waals surface area contributed by atoms with Crippen LogP contribution in [-0.2, 0) is 4.79 Å². The molecule has 0 unspecified atom stereocenters. The Morgan fingerprint density at radius 1 is 1.32 bits per heavy atom. The summed E-state index contributed by atoms with van der Waals surface area (Å²) in [7, 11) is 0. The van der Waals surface area contributed by atoms with E-state index in [9.17, 15) is 4.79 Å². The van der Waals surface area contributed by atoms with E-state index in [1.54, 1.807) is 6.07 Å². The van der Waals surface area contributed by atoms with Gasteiger partial charge >= 0.3 is 0 Å². The van der Waals surface area contributed by atoms with Crippen molar-refractivity contribution in [3.05, 3.63) is 24.3 Å². The number of amides is 1. The fraction of sp³-hybridized carbons (Fsp3) is 0.533. The lowest BCUT2D eigenvalue weighted by atomic mass is 10.1. The third-order valence-corrected chi connectivity index (χ3v) is 2.81. The van der Waals surface area contributed by atoms with E-state index >= 15 is 0 Å². The maximum atomic E-state index is 11.5. The fourth-order valence-electron chi connectivity index (χ4n) is 1.76. The maximum Gasteiger partial charge on any atom is 0.220 e. The molecule has 0 aliphatic rings. The third kappa shape index (κ3) is 7.34. The highest BCUT2D eigenvalue weighted by atomic mass is 16.5. The summed E-state index contributed by atoms with van der Waals surface area (Å²) in [5.41, 5.74) is 6.32. The van der Waals surface area contributed by atoms with Crippen LogP contribution in [0.1, 0.15) is 39.0 Å². The molecule has 4 heteroatoms. The van der Waals surface area contributed by atoms with E-state index in [0.717, 1.165) is 18.6 Å². The number of carbonyl (C=O) groups is 1. The van der Waals surface area contributed by atoms with Crippen LogP contribution in [-0.4, -0.2) is 19.1 Å². The van der Waals surface area contributed by atoms with Gasteiger partial charge in [-0.1, -0.05) is 32.3 Å². The van der Waals surface area contributed by atoms with Crippen molar-refractivity contribution in [1.29, 1.82) is 0 Å². The van der Waals surface area contributed by atoms with Gasteiger partial charge in [0.2, 0.25) is 5.91 Å². The number of rotatable bonds is 9. The molecule has 4 nitrogen and oxygen atoms in total.